The van der Waals surface area contributed by atoms with E-state index in [0.29, 0.717) is 12.4 Å². The highest BCUT2D eigenvalue weighted by molar-refractivity contribution is 7.16. The average Bonchev–Trinajstić information content (AvgIpc) is 3.05. The Morgan fingerprint density at radius 3 is 2.77 bits per heavy atom. The van der Waals surface area contributed by atoms with E-state index in [9.17, 15) is 0 Å². The van der Waals surface area contributed by atoms with Crippen LogP contribution in [0.5, 0.6) is 0 Å². The Hall–Kier alpha value is -1.57. The van der Waals surface area contributed by atoms with Gasteiger partial charge in [-0.05, 0) is 43.7 Å². The van der Waals surface area contributed by atoms with Crippen LogP contribution in [-0.2, 0) is 18.6 Å². The molecule has 0 amide bonds. The minimum Gasteiger partial charge on any atom is -0.306 e. The summed E-state index contributed by atoms with van der Waals surface area (Å²) >= 11 is 1.66. The van der Waals surface area contributed by atoms with E-state index in [1.54, 1.807) is 16.1 Å². The fraction of sp³-hybridized carbons (Fsp3) is 0.429. The molecule has 1 aromatic carbocycles. The van der Waals surface area contributed by atoms with Crippen molar-refractivity contribution in [1.82, 2.24) is 30.5 Å². The number of tetrazole rings is 1. The standard InChI is InChI=1S/C14H18N6S.ClH/c1-14(2,3)20-18-13(17-19-20)8-15-7-10-4-5-12-11(6-10)16-9-21-12;/h4-6,9,15H,7-8H2,1-3H3;1H. The summed E-state index contributed by atoms with van der Waals surface area (Å²) in [6.45, 7) is 7.52. The zero-order chi connectivity index (χ0) is 14.9. The molecule has 6 nitrogen and oxygen atoms in total. The van der Waals surface area contributed by atoms with Crippen LogP contribution in [0.15, 0.2) is 23.7 Å². The van der Waals surface area contributed by atoms with E-state index in [-0.39, 0.29) is 17.9 Å². The van der Waals surface area contributed by atoms with E-state index in [2.05, 4.69) is 64.7 Å². The molecule has 2 aromatic heterocycles. The Labute approximate surface area is 139 Å². The van der Waals surface area contributed by atoms with Crippen LogP contribution < -0.4 is 5.32 Å². The topological polar surface area (TPSA) is 68.5 Å². The third-order valence-corrected chi connectivity index (χ3v) is 3.87. The molecular weight excluding hydrogens is 320 g/mol. The summed E-state index contributed by atoms with van der Waals surface area (Å²) in [4.78, 5) is 5.97. The molecule has 1 N–H and O–H groups in total. The number of thiazole rings is 1. The molecule has 3 aromatic rings. The summed E-state index contributed by atoms with van der Waals surface area (Å²) < 4.78 is 1.22. The van der Waals surface area contributed by atoms with Crippen molar-refractivity contribution in [2.75, 3.05) is 0 Å². The van der Waals surface area contributed by atoms with Crippen LogP contribution in [0.25, 0.3) is 10.2 Å². The number of hydrogen-bond acceptors (Lipinski definition) is 6. The molecule has 0 unspecified atom stereocenters. The smallest absolute Gasteiger partial charge is 0.188 e. The Morgan fingerprint density at radius 2 is 2.05 bits per heavy atom. The highest BCUT2D eigenvalue weighted by Gasteiger charge is 2.16. The first-order valence-corrected chi connectivity index (χ1v) is 7.72. The van der Waals surface area contributed by atoms with Crippen molar-refractivity contribution < 1.29 is 0 Å². The molecule has 0 radical (unpaired) electrons. The molecule has 0 aliphatic rings. The van der Waals surface area contributed by atoms with Crippen molar-refractivity contribution >= 4 is 34.0 Å². The second-order valence-corrected chi connectivity index (χ2v) is 6.81. The number of nitrogens with one attached hydrogen (secondary N) is 1. The number of hydrogen-bond donors (Lipinski definition) is 1. The maximum absolute atomic E-state index is 4.38. The van der Waals surface area contributed by atoms with Crippen LogP contribution in [-0.4, -0.2) is 25.2 Å². The highest BCUT2D eigenvalue weighted by atomic mass is 35.5. The van der Waals surface area contributed by atoms with Gasteiger partial charge in [0.1, 0.15) is 0 Å². The zero-order valence-electron chi connectivity index (χ0n) is 12.8. The molecule has 0 saturated carbocycles. The molecule has 8 heteroatoms. The summed E-state index contributed by atoms with van der Waals surface area (Å²) in [5.74, 6) is 0.708. The Balaban J connectivity index is 0.00000176. The maximum atomic E-state index is 4.38. The molecule has 118 valence electrons. The molecule has 0 saturated heterocycles. The fourth-order valence-corrected chi connectivity index (χ4v) is 2.59. The zero-order valence-corrected chi connectivity index (χ0v) is 14.4. The third kappa shape index (κ3) is 3.79. The Morgan fingerprint density at radius 1 is 1.23 bits per heavy atom. The number of benzene rings is 1. The predicted octanol–water partition coefficient (Wildman–Crippen LogP) is 2.75. The minimum atomic E-state index is -0.138. The van der Waals surface area contributed by atoms with Gasteiger partial charge in [0.05, 0.1) is 27.8 Å². The van der Waals surface area contributed by atoms with Crippen LogP contribution >= 0.6 is 23.7 Å². The van der Waals surface area contributed by atoms with Gasteiger partial charge in [-0.25, -0.2) is 4.98 Å². The van der Waals surface area contributed by atoms with Crippen molar-refractivity contribution in [3.63, 3.8) is 0 Å². The molecule has 22 heavy (non-hydrogen) atoms. The van der Waals surface area contributed by atoms with Gasteiger partial charge in [0.2, 0.25) is 0 Å². The molecule has 0 spiro atoms. The number of aromatic nitrogens is 5. The lowest BCUT2D eigenvalue weighted by atomic mass is 10.1. The van der Waals surface area contributed by atoms with Crippen molar-refractivity contribution in [3.05, 3.63) is 35.1 Å². The van der Waals surface area contributed by atoms with Crippen LogP contribution in [0.2, 0.25) is 0 Å². The molecule has 0 atom stereocenters. The summed E-state index contributed by atoms with van der Waals surface area (Å²) in [7, 11) is 0. The number of halogens is 1. The fourth-order valence-electron chi connectivity index (χ4n) is 1.93. The van der Waals surface area contributed by atoms with Gasteiger partial charge in [0, 0.05) is 6.54 Å². The van der Waals surface area contributed by atoms with Crippen molar-refractivity contribution in [2.45, 2.75) is 39.4 Å². The first-order chi connectivity index (χ1) is 10.0. The third-order valence-electron chi connectivity index (χ3n) is 3.06. The largest absolute Gasteiger partial charge is 0.306 e. The van der Waals surface area contributed by atoms with E-state index in [1.165, 1.54) is 10.3 Å². The molecule has 3 rings (SSSR count). The van der Waals surface area contributed by atoms with Crippen LogP contribution in [0, 0.1) is 0 Å². The van der Waals surface area contributed by atoms with Gasteiger partial charge in [-0.2, -0.15) is 4.80 Å². The SMILES string of the molecule is CC(C)(C)n1nnc(CNCc2ccc3scnc3c2)n1.Cl. The van der Waals surface area contributed by atoms with Crippen LogP contribution in [0.4, 0.5) is 0 Å². The van der Waals surface area contributed by atoms with Gasteiger partial charge in [0.25, 0.3) is 0 Å². The van der Waals surface area contributed by atoms with Crippen molar-refractivity contribution in [1.29, 1.82) is 0 Å². The van der Waals surface area contributed by atoms with Gasteiger partial charge in [0.15, 0.2) is 5.82 Å². The van der Waals surface area contributed by atoms with Crippen molar-refractivity contribution in [2.24, 2.45) is 0 Å². The van der Waals surface area contributed by atoms with E-state index in [4.69, 9.17) is 0 Å². The Kier molecular flexibility index (Phi) is 5.10. The minimum absolute atomic E-state index is 0. The predicted molar refractivity (Wildman–Crippen MR) is 90.2 cm³/mol. The molecule has 0 aliphatic heterocycles. The van der Waals surface area contributed by atoms with E-state index in [1.807, 2.05) is 5.51 Å². The second kappa shape index (κ2) is 6.68. The highest BCUT2D eigenvalue weighted by Crippen LogP contribution is 2.18. The number of rotatable bonds is 4. The number of fused-ring (bicyclic) bond motifs is 1. The second-order valence-electron chi connectivity index (χ2n) is 5.92. The molecule has 0 fully saturated rings. The first kappa shape index (κ1) is 16.8. The Bertz CT molecular complexity index is 745. The van der Waals surface area contributed by atoms with E-state index in [0.717, 1.165) is 12.1 Å². The van der Waals surface area contributed by atoms with Gasteiger partial charge in [-0.15, -0.1) is 33.9 Å². The summed E-state index contributed by atoms with van der Waals surface area (Å²) in [5, 5.41) is 15.9. The molecule has 0 aliphatic carbocycles. The van der Waals surface area contributed by atoms with Crippen LogP contribution in [0.1, 0.15) is 32.2 Å². The van der Waals surface area contributed by atoms with Gasteiger partial charge in [-0.1, -0.05) is 6.07 Å². The van der Waals surface area contributed by atoms with Crippen molar-refractivity contribution in [3.8, 4) is 0 Å². The average molecular weight is 339 g/mol. The van der Waals surface area contributed by atoms with Gasteiger partial charge < -0.3 is 5.32 Å². The summed E-state index contributed by atoms with van der Waals surface area (Å²) in [5.41, 5.74) is 3.99. The number of nitrogens with zero attached hydrogens (tertiary/aromatic N) is 5. The lowest BCUT2D eigenvalue weighted by molar-refractivity contribution is 0.305. The quantitative estimate of drug-likeness (QED) is 0.792. The van der Waals surface area contributed by atoms with Gasteiger partial charge >= 0.3 is 0 Å². The normalized spacial score (nSPS) is 11.6. The molecule has 0 bridgehead atoms. The van der Waals surface area contributed by atoms with Crippen LogP contribution in [0.3, 0.4) is 0 Å². The summed E-state index contributed by atoms with van der Waals surface area (Å²) in [6, 6.07) is 6.34. The first-order valence-electron chi connectivity index (χ1n) is 6.84. The molecule has 2 heterocycles. The molecular formula is C14H19ClN6S. The maximum Gasteiger partial charge on any atom is 0.188 e. The van der Waals surface area contributed by atoms with E-state index >= 15 is 0 Å². The van der Waals surface area contributed by atoms with E-state index < -0.39 is 0 Å². The lowest BCUT2D eigenvalue weighted by Crippen LogP contribution is -2.25. The lowest BCUT2D eigenvalue weighted by Gasteiger charge is -2.15. The summed E-state index contributed by atoms with van der Waals surface area (Å²) in [6.07, 6.45) is 0. The van der Waals surface area contributed by atoms with Gasteiger partial charge in [-0.3, -0.25) is 0 Å². The monoisotopic (exact) mass is 338 g/mol.